The van der Waals surface area contributed by atoms with E-state index in [2.05, 4.69) is 15.9 Å². The molecule has 14 heavy (non-hydrogen) atoms. The van der Waals surface area contributed by atoms with Crippen LogP contribution in [-0.4, -0.2) is 11.6 Å². The highest BCUT2D eigenvalue weighted by Gasteiger charge is 2.01. The zero-order valence-electron chi connectivity index (χ0n) is 7.54. The number of allylic oxidation sites excluding steroid dienone is 1. The van der Waals surface area contributed by atoms with E-state index < -0.39 is 0 Å². The molecular weight excluding hydrogens is 263 g/mol. The molecule has 0 spiro atoms. The Hall–Kier alpha value is -0.600. The number of benzene rings is 1. The molecule has 0 aliphatic rings. The van der Waals surface area contributed by atoms with Crippen molar-refractivity contribution in [3.8, 4) is 0 Å². The van der Waals surface area contributed by atoms with Gasteiger partial charge in [-0.2, -0.15) is 0 Å². The van der Waals surface area contributed by atoms with Crippen LogP contribution >= 0.6 is 27.5 Å². The van der Waals surface area contributed by atoms with Gasteiger partial charge in [0.25, 0.3) is 0 Å². The van der Waals surface area contributed by atoms with Crippen LogP contribution in [0.25, 0.3) is 6.08 Å². The predicted octanol–water partition coefficient (Wildman–Crippen LogP) is 3.95. The number of alkyl halides is 1. The van der Waals surface area contributed by atoms with Gasteiger partial charge in [0.15, 0.2) is 6.29 Å². The second-order valence-electron chi connectivity index (χ2n) is 2.74. The number of hydrogen-bond acceptors (Lipinski definition) is 1. The molecule has 0 heterocycles. The van der Waals surface area contributed by atoms with Crippen molar-refractivity contribution in [3.63, 3.8) is 0 Å². The number of carbonyl (C=O) groups is 1. The molecule has 0 bridgehead atoms. The van der Waals surface area contributed by atoms with Crippen LogP contribution in [0.5, 0.6) is 0 Å². The molecule has 0 fully saturated rings. The monoisotopic (exact) mass is 272 g/mol. The van der Waals surface area contributed by atoms with Crippen LogP contribution in [-0.2, 0) is 0 Å². The number of halogens is 2. The van der Waals surface area contributed by atoms with Gasteiger partial charge in [0.1, 0.15) is 0 Å². The van der Waals surface area contributed by atoms with Gasteiger partial charge in [0, 0.05) is 21.5 Å². The molecule has 1 aromatic carbocycles. The van der Waals surface area contributed by atoms with E-state index in [9.17, 15) is 4.79 Å². The van der Waals surface area contributed by atoms with E-state index in [0.717, 1.165) is 23.6 Å². The van der Waals surface area contributed by atoms with Crippen LogP contribution in [0.15, 0.2) is 24.3 Å². The van der Waals surface area contributed by atoms with E-state index in [1.807, 2.05) is 12.2 Å². The Morgan fingerprint density at radius 1 is 1.43 bits per heavy atom. The van der Waals surface area contributed by atoms with Crippen molar-refractivity contribution in [3.05, 3.63) is 40.4 Å². The van der Waals surface area contributed by atoms with Crippen LogP contribution in [0.4, 0.5) is 0 Å². The molecule has 1 aromatic rings. The Morgan fingerprint density at radius 3 is 2.86 bits per heavy atom. The first kappa shape index (κ1) is 11.5. The number of hydrogen-bond donors (Lipinski definition) is 0. The summed E-state index contributed by atoms with van der Waals surface area (Å²) in [4.78, 5) is 10.7. The third-order valence-corrected chi connectivity index (χ3v) is 2.56. The fraction of sp³-hybridized carbons (Fsp3) is 0.182. The summed E-state index contributed by atoms with van der Waals surface area (Å²) in [5.74, 6) is 0. The van der Waals surface area contributed by atoms with Crippen molar-refractivity contribution in [1.29, 1.82) is 0 Å². The highest BCUT2D eigenvalue weighted by molar-refractivity contribution is 9.09. The van der Waals surface area contributed by atoms with Crippen molar-refractivity contribution < 1.29 is 4.79 Å². The summed E-state index contributed by atoms with van der Waals surface area (Å²) >= 11 is 9.29. The van der Waals surface area contributed by atoms with Crippen molar-refractivity contribution >= 4 is 39.9 Å². The second-order valence-corrected chi connectivity index (χ2v) is 3.94. The summed E-state index contributed by atoms with van der Waals surface area (Å²) in [6.45, 7) is 0. The minimum absolute atomic E-state index is 0.612. The van der Waals surface area contributed by atoms with Crippen LogP contribution < -0.4 is 0 Å². The summed E-state index contributed by atoms with van der Waals surface area (Å²) in [7, 11) is 0. The Kier molecular flexibility index (Phi) is 4.91. The first-order valence-electron chi connectivity index (χ1n) is 4.25. The highest BCUT2D eigenvalue weighted by Crippen LogP contribution is 2.20. The molecule has 0 unspecified atom stereocenters. The van der Waals surface area contributed by atoms with Gasteiger partial charge in [-0.05, 0) is 12.5 Å². The summed E-state index contributed by atoms with van der Waals surface area (Å²) in [6, 6.07) is 5.31. The Labute approximate surface area is 96.9 Å². The summed E-state index contributed by atoms with van der Waals surface area (Å²) in [6.07, 6.45) is 5.61. The quantitative estimate of drug-likeness (QED) is 0.600. The van der Waals surface area contributed by atoms with Gasteiger partial charge >= 0.3 is 0 Å². The molecule has 0 saturated carbocycles. The zero-order chi connectivity index (χ0) is 10.4. The van der Waals surface area contributed by atoms with Gasteiger partial charge in [-0.15, -0.1) is 0 Å². The molecule has 0 radical (unpaired) electrons. The number of rotatable bonds is 4. The standard InChI is InChI=1S/C11H10BrClO/c12-7-2-1-5-10-9(8-14)4-3-6-11(10)13/h1,3-6,8H,2,7H2. The largest absolute Gasteiger partial charge is 0.298 e. The van der Waals surface area contributed by atoms with E-state index in [0.29, 0.717) is 10.6 Å². The van der Waals surface area contributed by atoms with Crippen molar-refractivity contribution in [1.82, 2.24) is 0 Å². The maximum atomic E-state index is 10.7. The maximum absolute atomic E-state index is 10.7. The third kappa shape index (κ3) is 2.96. The van der Waals surface area contributed by atoms with E-state index >= 15 is 0 Å². The van der Waals surface area contributed by atoms with E-state index in [4.69, 9.17) is 11.6 Å². The van der Waals surface area contributed by atoms with Crippen LogP contribution in [0.3, 0.4) is 0 Å². The lowest BCUT2D eigenvalue weighted by atomic mass is 10.1. The molecule has 0 aliphatic heterocycles. The Balaban J connectivity index is 2.98. The second kappa shape index (κ2) is 5.99. The van der Waals surface area contributed by atoms with Crippen molar-refractivity contribution in [2.45, 2.75) is 6.42 Å². The molecule has 3 heteroatoms. The fourth-order valence-corrected chi connectivity index (χ4v) is 1.61. The van der Waals surface area contributed by atoms with Gasteiger partial charge in [-0.1, -0.05) is 51.8 Å². The third-order valence-electron chi connectivity index (χ3n) is 1.77. The maximum Gasteiger partial charge on any atom is 0.150 e. The Morgan fingerprint density at radius 2 is 2.21 bits per heavy atom. The molecule has 0 amide bonds. The molecule has 0 aromatic heterocycles. The summed E-state index contributed by atoms with van der Waals surface area (Å²) in [5, 5.41) is 1.52. The van der Waals surface area contributed by atoms with Crippen molar-refractivity contribution in [2.24, 2.45) is 0 Å². The van der Waals surface area contributed by atoms with Gasteiger partial charge < -0.3 is 0 Å². The first-order chi connectivity index (χ1) is 6.79. The molecule has 1 rings (SSSR count). The SMILES string of the molecule is O=Cc1cccc(Cl)c1C=CCCBr. The highest BCUT2D eigenvalue weighted by atomic mass is 79.9. The zero-order valence-corrected chi connectivity index (χ0v) is 9.88. The topological polar surface area (TPSA) is 17.1 Å². The van der Waals surface area contributed by atoms with E-state index in [1.54, 1.807) is 18.2 Å². The Bertz CT molecular complexity index is 347. The van der Waals surface area contributed by atoms with Crippen LogP contribution in [0.2, 0.25) is 5.02 Å². The van der Waals surface area contributed by atoms with Crippen LogP contribution in [0.1, 0.15) is 22.3 Å². The average Bonchev–Trinajstić information content (AvgIpc) is 2.20. The lowest BCUT2D eigenvalue weighted by molar-refractivity contribution is 0.112. The molecular formula is C11H10BrClO. The van der Waals surface area contributed by atoms with E-state index in [1.165, 1.54) is 0 Å². The minimum atomic E-state index is 0.612. The van der Waals surface area contributed by atoms with Gasteiger partial charge in [-0.3, -0.25) is 4.79 Å². The van der Waals surface area contributed by atoms with E-state index in [-0.39, 0.29) is 0 Å². The van der Waals surface area contributed by atoms with Gasteiger partial charge in [0.05, 0.1) is 0 Å². The number of carbonyl (C=O) groups excluding carboxylic acids is 1. The van der Waals surface area contributed by atoms with Gasteiger partial charge in [-0.25, -0.2) is 0 Å². The molecule has 0 N–H and O–H groups in total. The molecule has 0 saturated heterocycles. The van der Waals surface area contributed by atoms with Crippen LogP contribution in [0, 0.1) is 0 Å². The number of aldehydes is 1. The predicted molar refractivity (Wildman–Crippen MR) is 64.3 cm³/mol. The fourth-order valence-electron chi connectivity index (χ4n) is 1.10. The summed E-state index contributed by atoms with van der Waals surface area (Å²) in [5.41, 5.74) is 1.42. The summed E-state index contributed by atoms with van der Waals surface area (Å²) < 4.78 is 0. The smallest absolute Gasteiger partial charge is 0.150 e. The molecule has 0 atom stereocenters. The lowest BCUT2D eigenvalue weighted by Gasteiger charge is -2.00. The van der Waals surface area contributed by atoms with Crippen molar-refractivity contribution in [2.75, 3.05) is 5.33 Å². The first-order valence-corrected chi connectivity index (χ1v) is 5.75. The lowest BCUT2D eigenvalue weighted by Crippen LogP contribution is -1.86. The molecule has 74 valence electrons. The average molecular weight is 274 g/mol. The molecule has 0 aliphatic carbocycles. The normalized spacial score (nSPS) is 10.7. The van der Waals surface area contributed by atoms with Gasteiger partial charge in [0.2, 0.25) is 0 Å². The minimum Gasteiger partial charge on any atom is -0.298 e. The molecule has 1 nitrogen and oxygen atoms in total.